The molecular weight excluding hydrogens is 290 g/mol. The number of rotatable bonds is 3. The van der Waals surface area contributed by atoms with Gasteiger partial charge in [-0.05, 0) is 18.1 Å². The molecule has 120 valence electrons. The summed E-state index contributed by atoms with van der Waals surface area (Å²) in [6, 6.07) is 2.90. The number of benzene rings is 1. The Morgan fingerprint density at radius 1 is 1.23 bits per heavy atom. The first-order chi connectivity index (χ1) is 10.4. The molecule has 1 fully saturated rings. The van der Waals surface area contributed by atoms with E-state index in [1.54, 1.807) is 4.90 Å². The molecule has 0 radical (unpaired) electrons. The van der Waals surface area contributed by atoms with Crippen LogP contribution in [0.3, 0.4) is 0 Å². The van der Waals surface area contributed by atoms with E-state index in [4.69, 9.17) is 0 Å². The van der Waals surface area contributed by atoms with Crippen LogP contribution in [0.5, 0.6) is 0 Å². The first-order valence-corrected chi connectivity index (χ1v) is 7.40. The van der Waals surface area contributed by atoms with Gasteiger partial charge in [0.15, 0.2) is 0 Å². The topological polar surface area (TPSA) is 40.6 Å². The highest BCUT2D eigenvalue weighted by Crippen LogP contribution is 2.15. The van der Waals surface area contributed by atoms with E-state index in [0.29, 0.717) is 31.6 Å². The zero-order chi connectivity index (χ0) is 16.3. The summed E-state index contributed by atoms with van der Waals surface area (Å²) in [5.74, 6) is -1.75. The van der Waals surface area contributed by atoms with E-state index in [-0.39, 0.29) is 24.4 Å². The second-order valence-electron chi connectivity index (χ2n) is 5.90. The number of hydrogen-bond acceptors (Lipinski definition) is 2. The Bertz CT molecular complexity index is 575. The van der Waals surface area contributed by atoms with Gasteiger partial charge in [0.05, 0.1) is 5.56 Å². The Balaban J connectivity index is 2.10. The van der Waals surface area contributed by atoms with Gasteiger partial charge < -0.3 is 9.80 Å². The Morgan fingerprint density at radius 2 is 1.95 bits per heavy atom. The lowest BCUT2D eigenvalue weighted by Gasteiger charge is -2.23. The zero-order valence-corrected chi connectivity index (χ0v) is 12.8. The smallest absolute Gasteiger partial charge is 0.256 e. The third-order valence-electron chi connectivity index (χ3n) is 3.62. The quantitative estimate of drug-likeness (QED) is 0.859. The van der Waals surface area contributed by atoms with Gasteiger partial charge in [0.25, 0.3) is 5.91 Å². The summed E-state index contributed by atoms with van der Waals surface area (Å²) in [5, 5.41) is 0. The van der Waals surface area contributed by atoms with Crippen molar-refractivity contribution in [2.45, 2.75) is 20.3 Å². The summed E-state index contributed by atoms with van der Waals surface area (Å²) in [5.41, 5.74) is -0.161. The van der Waals surface area contributed by atoms with Gasteiger partial charge in [-0.15, -0.1) is 0 Å². The summed E-state index contributed by atoms with van der Waals surface area (Å²) in [6.07, 6.45) is 0.223. The van der Waals surface area contributed by atoms with Crippen LogP contribution in [0.4, 0.5) is 8.78 Å². The second-order valence-corrected chi connectivity index (χ2v) is 5.90. The monoisotopic (exact) mass is 310 g/mol. The molecule has 2 amide bonds. The lowest BCUT2D eigenvalue weighted by atomic mass is 10.1. The van der Waals surface area contributed by atoms with E-state index in [1.807, 2.05) is 13.8 Å². The first kappa shape index (κ1) is 16.4. The lowest BCUT2D eigenvalue weighted by Crippen LogP contribution is -2.37. The number of hydrogen-bond donors (Lipinski definition) is 0. The molecule has 0 aliphatic carbocycles. The van der Waals surface area contributed by atoms with Gasteiger partial charge in [-0.2, -0.15) is 0 Å². The summed E-state index contributed by atoms with van der Waals surface area (Å²) in [4.78, 5) is 27.6. The van der Waals surface area contributed by atoms with Gasteiger partial charge in [0, 0.05) is 38.7 Å². The van der Waals surface area contributed by atoms with E-state index in [9.17, 15) is 18.4 Å². The molecule has 1 aromatic carbocycles. The van der Waals surface area contributed by atoms with Crippen molar-refractivity contribution < 1.29 is 18.4 Å². The van der Waals surface area contributed by atoms with Crippen molar-refractivity contribution in [1.82, 2.24) is 9.80 Å². The maximum Gasteiger partial charge on any atom is 0.256 e. The largest absolute Gasteiger partial charge is 0.341 e. The minimum Gasteiger partial charge on any atom is -0.341 e. The first-order valence-electron chi connectivity index (χ1n) is 7.40. The average molecular weight is 310 g/mol. The van der Waals surface area contributed by atoms with Crippen LogP contribution in [-0.2, 0) is 4.79 Å². The van der Waals surface area contributed by atoms with Crippen LogP contribution in [0.1, 0.15) is 30.6 Å². The van der Waals surface area contributed by atoms with Crippen LogP contribution in [-0.4, -0.2) is 47.8 Å². The highest BCUT2D eigenvalue weighted by atomic mass is 19.1. The fourth-order valence-corrected chi connectivity index (χ4v) is 2.54. The molecule has 0 atom stereocenters. The fourth-order valence-electron chi connectivity index (χ4n) is 2.54. The van der Waals surface area contributed by atoms with E-state index < -0.39 is 17.5 Å². The van der Waals surface area contributed by atoms with E-state index >= 15 is 0 Å². The summed E-state index contributed by atoms with van der Waals surface area (Å²) in [6.45, 7) is 5.73. The summed E-state index contributed by atoms with van der Waals surface area (Å²) < 4.78 is 26.6. The third kappa shape index (κ3) is 3.81. The SMILES string of the molecule is CC(C)CN1CCN(C(=O)c2ccc(F)cc2F)CCC1=O. The molecule has 0 bridgehead atoms. The van der Waals surface area contributed by atoms with Gasteiger partial charge in [-0.3, -0.25) is 9.59 Å². The average Bonchev–Trinajstić information content (AvgIpc) is 2.61. The van der Waals surface area contributed by atoms with E-state index in [0.717, 1.165) is 12.1 Å². The van der Waals surface area contributed by atoms with Crippen LogP contribution in [0.15, 0.2) is 18.2 Å². The summed E-state index contributed by atoms with van der Waals surface area (Å²) in [7, 11) is 0. The van der Waals surface area contributed by atoms with Crippen molar-refractivity contribution in [3.8, 4) is 0 Å². The Morgan fingerprint density at radius 3 is 2.59 bits per heavy atom. The van der Waals surface area contributed by atoms with E-state index in [2.05, 4.69) is 0 Å². The molecule has 22 heavy (non-hydrogen) atoms. The van der Waals surface area contributed by atoms with Crippen molar-refractivity contribution in [3.63, 3.8) is 0 Å². The molecule has 1 aliphatic rings. The van der Waals surface area contributed by atoms with Crippen molar-refractivity contribution >= 4 is 11.8 Å². The maximum atomic E-state index is 13.7. The molecular formula is C16H20F2N2O2. The van der Waals surface area contributed by atoms with E-state index in [1.165, 1.54) is 4.90 Å². The molecule has 1 saturated heterocycles. The van der Waals surface area contributed by atoms with Crippen molar-refractivity contribution in [3.05, 3.63) is 35.4 Å². The summed E-state index contributed by atoms with van der Waals surface area (Å²) >= 11 is 0. The third-order valence-corrected chi connectivity index (χ3v) is 3.62. The Hall–Kier alpha value is -1.98. The second kappa shape index (κ2) is 6.85. The van der Waals surface area contributed by atoms with Gasteiger partial charge >= 0.3 is 0 Å². The molecule has 0 unspecified atom stereocenters. The molecule has 2 rings (SSSR count). The van der Waals surface area contributed by atoms with Crippen LogP contribution < -0.4 is 0 Å². The van der Waals surface area contributed by atoms with Crippen molar-refractivity contribution in [2.24, 2.45) is 5.92 Å². The highest BCUT2D eigenvalue weighted by molar-refractivity contribution is 5.95. The van der Waals surface area contributed by atoms with Crippen LogP contribution in [0.25, 0.3) is 0 Å². The van der Waals surface area contributed by atoms with Crippen LogP contribution in [0.2, 0.25) is 0 Å². The van der Waals surface area contributed by atoms with Gasteiger partial charge in [-0.1, -0.05) is 13.8 Å². The molecule has 0 spiro atoms. The molecule has 0 N–H and O–H groups in total. The van der Waals surface area contributed by atoms with Gasteiger partial charge in [0.2, 0.25) is 5.91 Å². The standard InChI is InChI=1S/C16H20F2N2O2/c1-11(2)10-20-8-7-19(6-5-15(20)21)16(22)13-4-3-12(17)9-14(13)18/h3-4,9,11H,5-8,10H2,1-2H3. The number of amides is 2. The zero-order valence-electron chi connectivity index (χ0n) is 12.8. The molecule has 0 aromatic heterocycles. The van der Waals surface area contributed by atoms with Crippen molar-refractivity contribution in [1.29, 1.82) is 0 Å². The van der Waals surface area contributed by atoms with Crippen LogP contribution in [0, 0.1) is 17.6 Å². The molecule has 1 aromatic rings. The van der Waals surface area contributed by atoms with Gasteiger partial charge in [-0.25, -0.2) is 8.78 Å². The normalized spacial score (nSPS) is 16.1. The van der Waals surface area contributed by atoms with Gasteiger partial charge in [0.1, 0.15) is 11.6 Å². The molecule has 6 heteroatoms. The number of carbonyl (C=O) groups is 2. The lowest BCUT2D eigenvalue weighted by molar-refractivity contribution is -0.130. The highest BCUT2D eigenvalue weighted by Gasteiger charge is 2.26. The molecule has 0 saturated carbocycles. The fraction of sp³-hybridized carbons (Fsp3) is 0.500. The number of carbonyl (C=O) groups excluding carboxylic acids is 2. The maximum absolute atomic E-state index is 13.7. The minimum absolute atomic E-state index is 0.00331. The van der Waals surface area contributed by atoms with Crippen molar-refractivity contribution in [2.75, 3.05) is 26.2 Å². The molecule has 1 heterocycles. The number of halogens is 2. The van der Waals surface area contributed by atoms with Crippen LogP contribution >= 0.6 is 0 Å². The molecule has 1 aliphatic heterocycles. The Kier molecular flexibility index (Phi) is 5.11. The Labute approximate surface area is 128 Å². The number of nitrogens with zero attached hydrogens (tertiary/aromatic N) is 2. The predicted octanol–water partition coefficient (Wildman–Crippen LogP) is 2.30. The predicted molar refractivity (Wildman–Crippen MR) is 78.3 cm³/mol. The minimum atomic E-state index is -0.875. The molecule has 4 nitrogen and oxygen atoms in total.